The first-order valence-electron chi connectivity index (χ1n) is 9.73. The number of benzene rings is 1. The van der Waals surface area contributed by atoms with E-state index in [1.807, 2.05) is 35.2 Å². The van der Waals surface area contributed by atoms with Crippen LogP contribution in [0, 0.1) is 0 Å². The smallest absolute Gasteiger partial charge is 0.251 e. The Bertz CT molecular complexity index is 852. The van der Waals surface area contributed by atoms with Gasteiger partial charge in [0.05, 0.1) is 0 Å². The second kappa shape index (κ2) is 8.25. The first-order valence-corrected chi connectivity index (χ1v) is 9.73. The zero-order valence-corrected chi connectivity index (χ0v) is 15.8. The molecule has 2 amide bonds. The molecule has 144 valence electrons. The summed E-state index contributed by atoms with van der Waals surface area (Å²) in [5, 5.41) is 2.97. The summed E-state index contributed by atoms with van der Waals surface area (Å²) < 4.78 is 0. The molecule has 6 heteroatoms. The summed E-state index contributed by atoms with van der Waals surface area (Å²) in [4.78, 5) is 32.9. The lowest BCUT2D eigenvalue weighted by Gasteiger charge is -2.34. The average molecular weight is 376 g/mol. The molecule has 2 heterocycles. The van der Waals surface area contributed by atoms with Crippen LogP contribution in [-0.2, 0) is 4.79 Å². The highest BCUT2D eigenvalue weighted by atomic mass is 16.2. The van der Waals surface area contributed by atoms with Gasteiger partial charge in [-0.25, -0.2) is 4.98 Å². The molecule has 2 fully saturated rings. The molecule has 1 saturated heterocycles. The Kier molecular flexibility index (Phi) is 5.37. The molecule has 0 bridgehead atoms. The highest BCUT2D eigenvalue weighted by Gasteiger charge is 2.23. The molecular weight excluding hydrogens is 352 g/mol. The Labute approximate surface area is 164 Å². The van der Waals surface area contributed by atoms with Gasteiger partial charge in [0, 0.05) is 50.1 Å². The number of aromatic nitrogens is 1. The molecule has 4 rings (SSSR count). The van der Waals surface area contributed by atoms with Crippen LogP contribution in [0.15, 0.2) is 54.7 Å². The van der Waals surface area contributed by atoms with Crippen molar-refractivity contribution < 1.29 is 9.59 Å². The maximum Gasteiger partial charge on any atom is 0.251 e. The largest absolute Gasteiger partial charge is 0.353 e. The highest BCUT2D eigenvalue weighted by molar-refractivity contribution is 5.95. The van der Waals surface area contributed by atoms with Crippen LogP contribution < -0.4 is 10.2 Å². The van der Waals surface area contributed by atoms with Gasteiger partial charge in [-0.1, -0.05) is 18.2 Å². The van der Waals surface area contributed by atoms with Crippen LogP contribution in [0.5, 0.6) is 0 Å². The Morgan fingerprint density at radius 2 is 1.75 bits per heavy atom. The van der Waals surface area contributed by atoms with Crippen molar-refractivity contribution in [1.82, 2.24) is 15.2 Å². The van der Waals surface area contributed by atoms with E-state index in [9.17, 15) is 9.59 Å². The summed E-state index contributed by atoms with van der Waals surface area (Å²) in [6.45, 7) is 2.92. The number of amides is 2. The topological polar surface area (TPSA) is 65.5 Å². The third-order valence-electron chi connectivity index (χ3n) is 5.07. The van der Waals surface area contributed by atoms with Gasteiger partial charge in [0.2, 0.25) is 5.91 Å². The van der Waals surface area contributed by atoms with Crippen LogP contribution >= 0.6 is 0 Å². The molecule has 0 unspecified atom stereocenters. The number of anilines is 1. The molecule has 1 aliphatic carbocycles. The van der Waals surface area contributed by atoms with E-state index in [2.05, 4.69) is 15.2 Å². The van der Waals surface area contributed by atoms with E-state index in [1.54, 1.807) is 30.5 Å². The standard InChI is InChI=1S/C22H24N4O2/c27-21(26-15-13-25(14-16-26)20-3-1-2-12-23-20)11-6-17-4-7-18(8-5-17)22(28)24-19-9-10-19/h1-8,11-12,19H,9-10,13-16H2,(H,24,28)/b11-6+. The van der Waals surface area contributed by atoms with Crippen molar-refractivity contribution in [2.24, 2.45) is 0 Å². The number of carbonyl (C=O) groups is 2. The second-order valence-corrected chi connectivity index (χ2v) is 7.20. The summed E-state index contributed by atoms with van der Waals surface area (Å²) in [5.74, 6) is 0.937. The Hall–Kier alpha value is -3.15. The maximum atomic E-state index is 12.5. The summed E-state index contributed by atoms with van der Waals surface area (Å²) in [6.07, 6.45) is 7.35. The van der Waals surface area contributed by atoms with Crippen molar-refractivity contribution in [2.75, 3.05) is 31.1 Å². The van der Waals surface area contributed by atoms with E-state index in [0.29, 0.717) is 24.7 Å². The number of piperazine rings is 1. The summed E-state index contributed by atoms with van der Waals surface area (Å²) in [7, 11) is 0. The van der Waals surface area contributed by atoms with Gasteiger partial charge in [-0.3, -0.25) is 9.59 Å². The van der Waals surface area contributed by atoms with Gasteiger partial charge in [-0.05, 0) is 48.7 Å². The normalized spacial score (nSPS) is 17.0. The number of nitrogens with zero attached hydrogens (tertiary/aromatic N) is 3. The quantitative estimate of drug-likeness (QED) is 0.814. The lowest BCUT2D eigenvalue weighted by Crippen LogP contribution is -2.48. The molecule has 2 aromatic rings. The first kappa shape index (κ1) is 18.2. The van der Waals surface area contributed by atoms with Gasteiger partial charge in [0.25, 0.3) is 5.91 Å². The molecule has 1 N–H and O–H groups in total. The van der Waals surface area contributed by atoms with Crippen molar-refractivity contribution in [3.05, 3.63) is 65.9 Å². The maximum absolute atomic E-state index is 12.5. The van der Waals surface area contributed by atoms with E-state index >= 15 is 0 Å². The molecular formula is C22H24N4O2. The fraction of sp³-hybridized carbons (Fsp3) is 0.318. The molecule has 28 heavy (non-hydrogen) atoms. The van der Waals surface area contributed by atoms with Gasteiger partial charge in [0.1, 0.15) is 5.82 Å². The summed E-state index contributed by atoms with van der Waals surface area (Å²) >= 11 is 0. The van der Waals surface area contributed by atoms with Gasteiger partial charge < -0.3 is 15.1 Å². The van der Waals surface area contributed by atoms with Crippen LogP contribution in [0.4, 0.5) is 5.82 Å². The Morgan fingerprint density at radius 3 is 2.39 bits per heavy atom. The van der Waals surface area contributed by atoms with Crippen LogP contribution in [-0.4, -0.2) is 53.9 Å². The predicted molar refractivity (Wildman–Crippen MR) is 109 cm³/mol. The number of carbonyl (C=O) groups excluding carboxylic acids is 2. The molecule has 6 nitrogen and oxygen atoms in total. The zero-order valence-electron chi connectivity index (χ0n) is 15.8. The Morgan fingerprint density at radius 1 is 1.00 bits per heavy atom. The zero-order chi connectivity index (χ0) is 19.3. The van der Waals surface area contributed by atoms with Gasteiger partial charge in [0.15, 0.2) is 0 Å². The van der Waals surface area contributed by atoms with Crippen LogP contribution in [0.2, 0.25) is 0 Å². The fourth-order valence-corrected chi connectivity index (χ4v) is 3.21. The SMILES string of the molecule is O=C(NC1CC1)c1ccc(/C=C/C(=O)N2CCN(c3ccccn3)CC2)cc1. The summed E-state index contributed by atoms with van der Waals surface area (Å²) in [5.41, 5.74) is 1.56. The monoisotopic (exact) mass is 376 g/mol. The van der Waals surface area contributed by atoms with Gasteiger partial charge in [-0.15, -0.1) is 0 Å². The average Bonchev–Trinajstić information content (AvgIpc) is 3.57. The lowest BCUT2D eigenvalue weighted by molar-refractivity contribution is -0.126. The fourth-order valence-electron chi connectivity index (χ4n) is 3.21. The van der Waals surface area contributed by atoms with E-state index in [4.69, 9.17) is 0 Å². The minimum atomic E-state index is -0.0279. The summed E-state index contributed by atoms with van der Waals surface area (Å²) in [6, 6.07) is 13.5. The van der Waals surface area contributed by atoms with Crippen molar-refractivity contribution in [3.63, 3.8) is 0 Å². The molecule has 1 aromatic heterocycles. The molecule has 0 radical (unpaired) electrons. The van der Waals surface area contributed by atoms with Crippen molar-refractivity contribution in [3.8, 4) is 0 Å². The molecule has 1 saturated carbocycles. The number of pyridine rings is 1. The minimum absolute atomic E-state index is 0.0104. The van der Waals surface area contributed by atoms with E-state index in [0.717, 1.165) is 37.3 Å². The van der Waals surface area contributed by atoms with E-state index in [-0.39, 0.29) is 11.8 Å². The van der Waals surface area contributed by atoms with Crippen LogP contribution in [0.25, 0.3) is 6.08 Å². The lowest BCUT2D eigenvalue weighted by atomic mass is 10.1. The van der Waals surface area contributed by atoms with E-state index < -0.39 is 0 Å². The molecule has 1 aliphatic heterocycles. The number of hydrogen-bond donors (Lipinski definition) is 1. The second-order valence-electron chi connectivity index (χ2n) is 7.20. The molecule has 0 spiro atoms. The minimum Gasteiger partial charge on any atom is -0.353 e. The molecule has 1 aromatic carbocycles. The van der Waals surface area contributed by atoms with Crippen molar-refractivity contribution in [2.45, 2.75) is 18.9 Å². The van der Waals surface area contributed by atoms with Crippen molar-refractivity contribution >= 4 is 23.7 Å². The first-order chi connectivity index (χ1) is 13.7. The van der Waals surface area contributed by atoms with Crippen LogP contribution in [0.3, 0.4) is 0 Å². The number of hydrogen-bond acceptors (Lipinski definition) is 4. The number of rotatable bonds is 5. The molecule has 2 aliphatic rings. The van der Waals surface area contributed by atoms with Gasteiger partial charge >= 0.3 is 0 Å². The number of nitrogens with one attached hydrogen (secondary N) is 1. The third-order valence-corrected chi connectivity index (χ3v) is 5.07. The highest BCUT2D eigenvalue weighted by Crippen LogP contribution is 2.19. The Balaban J connectivity index is 1.28. The van der Waals surface area contributed by atoms with Crippen molar-refractivity contribution in [1.29, 1.82) is 0 Å². The van der Waals surface area contributed by atoms with Gasteiger partial charge in [-0.2, -0.15) is 0 Å². The van der Waals surface area contributed by atoms with Crippen LogP contribution in [0.1, 0.15) is 28.8 Å². The third kappa shape index (κ3) is 4.57. The van der Waals surface area contributed by atoms with E-state index in [1.165, 1.54) is 0 Å². The molecule has 0 atom stereocenters. The predicted octanol–water partition coefficient (Wildman–Crippen LogP) is 2.34.